The monoisotopic (exact) mass is 441 g/mol. The number of carbonyl (C=O) groups is 2. The van der Waals surface area contributed by atoms with Crippen molar-refractivity contribution in [2.75, 3.05) is 37.2 Å². The van der Waals surface area contributed by atoms with Gasteiger partial charge in [-0.25, -0.2) is 8.42 Å². The number of hydrogen-bond acceptors (Lipinski definition) is 4. The summed E-state index contributed by atoms with van der Waals surface area (Å²) < 4.78 is 25.3. The molecule has 160 valence electrons. The first kappa shape index (κ1) is 21.9. The fourth-order valence-corrected chi connectivity index (χ4v) is 4.79. The summed E-state index contributed by atoms with van der Waals surface area (Å²) >= 11 is 6.04. The van der Waals surface area contributed by atoms with Gasteiger partial charge >= 0.3 is 0 Å². The molecule has 2 heterocycles. The van der Waals surface area contributed by atoms with Crippen molar-refractivity contribution in [1.29, 1.82) is 0 Å². The van der Waals surface area contributed by atoms with Gasteiger partial charge in [-0.15, -0.1) is 0 Å². The molecule has 2 fully saturated rings. The van der Waals surface area contributed by atoms with Crippen LogP contribution in [0.3, 0.4) is 0 Å². The third-order valence-corrected chi connectivity index (χ3v) is 6.48. The van der Waals surface area contributed by atoms with Crippen LogP contribution in [0.2, 0.25) is 5.02 Å². The lowest BCUT2D eigenvalue weighted by atomic mass is 9.94. The molecule has 1 aromatic carbocycles. The van der Waals surface area contributed by atoms with E-state index in [0.29, 0.717) is 31.5 Å². The maximum atomic E-state index is 12.9. The van der Waals surface area contributed by atoms with Crippen LogP contribution in [0.15, 0.2) is 18.2 Å². The molecular weight excluding hydrogens is 414 g/mol. The molecule has 29 heavy (non-hydrogen) atoms. The first-order chi connectivity index (χ1) is 13.7. The molecule has 3 rings (SSSR count). The minimum Gasteiger partial charge on any atom is -0.342 e. The van der Waals surface area contributed by atoms with Gasteiger partial charge in [0, 0.05) is 37.7 Å². The van der Waals surface area contributed by atoms with Gasteiger partial charge < -0.3 is 9.80 Å². The third kappa shape index (κ3) is 5.85. The predicted molar refractivity (Wildman–Crippen MR) is 114 cm³/mol. The second-order valence-electron chi connectivity index (χ2n) is 7.87. The van der Waals surface area contributed by atoms with Gasteiger partial charge in [-0.05, 0) is 43.9 Å². The topological polar surface area (TPSA) is 86.8 Å². The molecule has 0 unspecified atom stereocenters. The normalized spacial score (nSPS) is 19.0. The number of anilines is 1. The maximum absolute atomic E-state index is 12.9. The van der Waals surface area contributed by atoms with E-state index in [2.05, 4.69) is 4.72 Å². The van der Waals surface area contributed by atoms with Gasteiger partial charge in [0.2, 0.25) is 15.9 Å². The first-order valence-corrected chi connectivity index (χ1v) is 12.4. The van der Waals surface area contributed by atoms with Crippen molar-refractivity contribution in [3.63, 3.8) is 0 Å². The Balaban J connectivity index is 1.61. The SMILES string of the molecule is CS(=O)(=O)Nc1cc(C(=O)N2CCC(C(=O)N3CCCCCC3)CC2)ccc1Cl. The quantitative estimate of drug-likeness (QED) is 0.778. The van der Waals surface area contributed by atoms with Gasteiger partial charge in [-0.3, -0.25) is 14.3 Å². The largest absolute Gasteiger partial charge is 0.342 e. The first-order valence-electron chi connectivity index (χ1n) is 10.1. The standard InChI is InChI=1S/C20H28ClN3O4S/c1-29(27,28)22-18-14-16(6-7-17(18)21)20(26)24-12-8-15(9-13-24)19(25)23-10-4-2-3-5-11-23/h6-7,14-15,22H,2-5,8-13H2,1H3. The summed E-state index contributed by atoms with van der Waals surface area (Å²) in [5.41, 5.74) is 0.559. The van der Waals surface area contributed by atoms with Gasteiger partial charge in [0.15, 0.2) is 0 Å². The summed E-state index contributed by atoms with van der Waals surface area (Å²) in [7, 11) is -3.50. The number of halogens is 1. The van der Waals surface area contributed by atoms with Gasteiger partial charge in [0.05, 0.1) is 17.0 Å². The van der Waals surface area contributed by atoms with Crippen LogP contribution in [0.4, 0.5) is 5.69 Å². The van der Waals surface area contributed by atoms with Crippen LogP contribution in [-0.2, 0) is 14.8 Å². The highest BCUT2D eigenvalue weighted by Gasteiger charge is 2.31. The highest BCUT2D eigenvalue weighted by atomic mass is 35.5. The Bertz CT molecular complexity index is 858. The smallest absolute Gasteiger partial charge is 0.253 e. The Hall–Kier alpha value is -1.80. The van der Waals surface area contributed by atoms with Crippen molar-refractivity contribution >= 4 is 39.1 Å². The van der Waals surface area contributed by atoms with E-state index in [1.165, 1.54) is 25.0 Å². The number of rotatable bonds is 4. The summed E-state index contributed by atoms with van der Waals surface area (Å²) in [6, 6.07) is 4.56. The molecule has 0 spiro atoms. The van der Waals surface area contributed by atoms with E-state index in [4.69, 9.17) is 11.6 Å². The van der Waals surface area contributed by atoms with E-state index in [1.54, 1.807) is 11.0 Å². The van der Waals surface area contributed by atoms with E-state index < -0.39 is 10.0 Å². The molecule has 0 bridgehead atoms. The number of nitrogens with one attached hydrogen (secondary N) is 1. The van der Waals surface area contributed by atoms with Crippen LogP contribution < -0.4 is 4.72 Å². The number of piperidine rings is 1. The van der Waals surface area contributed by atoms with E-state index in [1.807, 2.05) is 4.90 Å². The number of likely N-dealkylation sites (tertiary alicyclic amines) is 2. The Morgan fingerprint density at radius 3 is 2.21 bits per heavy atom. The summed E-state index contributed by atoms with van der Waals surface area (Å²) in [5.74, 6) is 0.0221. The Kier molecular flexibility index (Phi) is 7.05. The number of carbonyl (C=O) groups excluding carboxylic acids is 2. The predicted octanol–water partition coefficient (Wildman–Crippen LogP) is 2.97. The summed E-state index contributed by atoms with van der Waals surface area (Å²) in [4.78, 5) is 29.4. The van der Waals surface area contributed by atoms with Crippen molar-refractivity contribution < 1.29 is 18.0 Å². The number of sulfonamides is 1. The van der Waals surface area contributed by atoms with Crippen molar-refractivity contribution in [3.05, 3.63) is 28.8 Å². The zero-order valence-electron chi connectivity index (χ0n) is 16.7. The molecule has 2 aliphatic heterocycles. The van der Waals surface area contributed by atoms with Gasteiger partial charge in [0.25, 0.3) is 5.91 Å². The highest BCUT2D eigenvalue weighted by molar-refractivity contribution is 7.92. The molecule has 0 atom stereocenters. The molecular formula is C20H28ClN3O4S. The van der Waals surface area contributed by atoms with Crippen LogP contribution in [0.1, 0.15) is 48.9 Å². The van der Waals surface area contributed by atoms with Crippen LogP contribution in [0.5, 0.6) is 0 Å². The fraction of sp³-hybridized carbons (Fsp3) is 0.600. The summed E-state index contributed by atoms with van der Waals surface area (Å²) in [6.45, 7) is 2.72. The van der Waals surface area contributed by atoms with Crippen molar-refractivity contribution in [1.82, 2.24) is 9.80 Å². The minimum absolute atomic E-state index is 0.0233. The molecule has 2 aliphatic rings. The number of nitrogens with zero attached hydrogens (tertiary/aromatic N) is 2. The zero-order valence-corrected chi connectivity index (χ0v) is 18.3. The van der Waals surface area contributed by atoms with Gasteiger partial charge in [0.1, 0.15) is 0 Å². The fourth-order valence-electron chi connectivity index (χ4n) is 4.00. The molecule has 1 aromatic rings. The second-order valence-corrected chi connectivity index (χ2v) is 10.0. The highest BCUT2D eigenvalue weighted by Crippen LogP contribution is 2.27. The van der Waals surface area contributed by atoms with Crippen molar-refractivity contribution in [2.45, 2.75) is 38.5 Å². The molecule has 1 N–H and O–H groups in total. The lowest BCUT2D eigenvalue weighted by molar-refractivity contribution is -0.136. The molecule has 2 amide bonds. The average molecular weight is 442 g/mol. The van der Waals surface area contributed by atoms with E-state index in [0.717, 1.165) is 32.2 Å². The molecule has 9 heteroatoms. The Morgan fingerprint density at radius 1 is 1.00 bits per heavy atom. The van der Waals surface area contributed by atoms with E-state index >= 15 is 0 Å². The summed E-state index contributed by atoms with van der Waals surface area (Å²) in [5, 5.41) is 0.230. The maximum Gasteiger partial charge on any atom is 0.253 e. The lowest BCUT2D eigenvalue weighted by Gasteiger charge is -2.34. The number of hydrogen-bond donors (Lipinski definition) is 1. The lowest BCUT2D eigenvalue weighted by Crippen LogP contribution is -2.44. The van der Waals surface area contributed by atoms with Gasteiger partial charge in [-0.1, -0.05) is 24.4 Å². The second kappa shape index (κ2) is 9.34. The van der Waals surface area contributed by atoms with Gasteiger partial charge in [-0.2, -0.15) is 0 Å². The molecule has 0 radical (unpaired) electrons. The molecule has 0 aromatic heterocycles. The third-order valence-electron chi connectivity index (χ3n) is 5.56. The minimum atomic E-state index is -3.50. The Labute approximate surface area is 177 Å². The summed E-state index contributed by atoms with van der Waals surface area (Å²) in [6.07, 6.45) is 6.87. The molecule has 0 saturated carbocycles. The van der Waals surface area contributed by atoms with E-state index in [-0.39, 0.29) is 28.4 Å². The Morgan fingerprint density at radius 2 is 1.62 bits per heavy atom. The number of benzene rings is 1. The number of amides is 2. The molecule has 7 nitrogen and oxygen atoms in total. The zero-order chi connectivity index (χ0) is 21.0. The average Bonchev–Trinajstić information content (AvgIpc) is 2.97. The van der Waals surface area contributed by atoms with Crippen LogP contribution in [0, 0.1) is 5.92 Å². The van der Waals surface area contributed by atoms with Crippen molar-refractivity contribution in [2.24, 2.45) is 5.92 Å². The molecule has 0 aliphatic carbocycles. The van der Waals surface area contributed by atoms with Crippen LogP contribution in [0.25, 0.3) is 0 Å². The van der Waals surface area contributed by atoms with Crippen LogP contribution >= 0.6 is 11.6 Å². The molecule has 2 saturated heterocycles. The van der Waals surface area contributed by atoms with Crippen molar-refractivity contribution in [3.8, 4) is 0 Å². The van der Waals surface area contributed by atoms with E-state index in [9.17, 15) is 18.0 Å². The van der Waals surface area contributed by atoms with Crippen LogP contribution in [-0.4, -0.2) is 62.5 Å².